The van der Waals surface area contributed by atoms with Gasteiger partial charge in [-0.05, 0) is 50.8 Å². The second-order valence-corrected chi connectivity index (χ2v) is 9.81. The molecule has 0 aliphatic carbocycles. The molecule has 5 nitrogen and oxygen atoms in total. The number of benzene rings is 2. The zero-order chi connectivity index (χ0) is 23.2. The predicted molar refractivity (Wildman–Crippen MR) is 113 cm³/mol. The molecular weight excluding hydrogens is 429 g/mol. The Balaban J connectivity index is 2.13. The van der Waals surface area contributed by atoms with Crippen molar-refractivity contribution in [3.8, 4) is 0 Å². The Hall–Kier alpha value is -2.39. The first-order valence-electron chi connectivity index (χ1n) is 9.76. The lowest BCUT2D eigenvalue weighted by Gasteiger charge is -2.25. The summed E-state index contributed by atoms with van der Waals surface area (Å²) in [6.07, 6.45) is -4.72. The van der Waals surface area contributed by atoms with E-state index in [1.807, 2.05) is 25.9 Å². The average molecular weight is 457 g/mol. The predicted octanol–water partition coefficient (Wildman–Crippen LogP) is 3.77. The molecule has 2 aromatic rings. The van der Waals surface area contributed by atoms with Gasteiger partial charge >= 0.3 is 6.18 Å². The monoisotopic (exact) mass is 456 g/mol. The van der Waals surface area contributed by atoms with Crippen molar-refractivity contribution in [2.75, 3.05) is 32.9 Å². The molecule has 0 aliphatic rings. The fraction of sp³-hybridized carbons (Fsp3) is 0.409. The van der Waals surface area contributed by atoms with Crippen LogP contribution in [0.5, 0.6) is 0 Å². The number of rotatable bonds is 9. The van der Waals surface area contributed by atoms with Gasteiger partial charge in [0.05, 0.1) is 16.2 Å². The molecule has 0 bridgehead atoms. The molecule has 0 N–H and O–H groups in total. The van der Waals surface area contributed by atoms with Gasteiger partial charge < -0.3 is 9.80 Å². The van der Waals surface area contributed by atoms with E-state index in [4.69, 9.17) is 0 Å². The molecule has 0 fully saturated rings. The van der Waals surface area contributed by atoms with Crippen LogP contribution in [0.15, 0.2) is 53.4 Å². The summed E-state index contributed by atoms with van der Waals surface area (Å²) in [5, 5.41) is 0. The second kappa shape index (κ2) is 10.3. The van der Waals surface area contributed by atoms with Gasteiger partial charge in [-0.3, -0.25) is 4.79 Å². The number of alkyl halides is 3. The third-order valence-electron chi connectivity index (χ3n) is 4.76. The highest BCUT2D eigenvalue weighted by Gasteiger charge is 2.30. The van der Waals surface area contributed by atoms with Crippen molar-refractivity contribution < 1.29 is 26.4 Å². The normalized spacial score (nSPS) is 12.2. The number of aryl methyl sites for hydroxylation is 1. The largest absolute Gasteiger partial charge is 0.416 e. The summed E-state index contributed by atoms with van der Waals surface area (Å²) in [7, 11) is -0.0140. The molecule has 0 saturated heterocycles. The Labute approximate surface area is 181 Å². The van der Waals surface area contributed by atoms with Crippen LogP contribution in [0.2, 0.25) is 0 Å². The van der Waals surface area contributed by atoms with Crippen LogP contribution in [0, 0.1) is 6.92 Å². The van der Waals surface area contributed by atoms with E-state index in [1.54, 1.807) is 12.1 Å². The molecule has 31 heavy (non-hydrogen) atoms. The van der Waals surface area contributed by atoms with E-state index in [-0.39, 0.29) is 30.2 Å². The molecule has 2 rings (SSSR count). The standard InChI is InChI=1S/C22H27F3N2O3S/c1-17-7-9-20(10-8-17)31(29,30)14-11-21(28)27(13-12-26(2)3)16-18-5-4-6-19(15-18)22(23,24)25/h4-10,15H,11-14,16H2,1-3H3. The molecule has 0 aliphatic heterocycles. The van der Waals surface area contributed by atoms with Gasteiger partial charge in [0.1, 0.15) is 0 Å². The Bertz CT molecular complexity index is 988. The minimum absolute atomic E-state index is 0.0266. The molecule has 0 saturated carbocycles. The Morgan fingerprint density at radius 1 is 1.00 bits per heavy atom. The number of hydrogen-bond acceptors (Lipinski definition) is 4. The minimum Gasteiger partial charge on any atom is -0.337 e. The summed E-state index contributed by atoms with van der Waals surface area (Å²) in [6.45, 7) is 2.58. The molecule has 2 aromatic carbocycles. The Morgan fingerprint density at radius 2 is 1.65 bits per heavy atom. The number of carbonyl (C=O) groups is 1. The van der Waals surface area contributed by atoms with Gasteiger partial charge in [0.2, 0.25) is 5.91 Å². The third kappa shape index (κ3) is 7.66. The first-order valence-corrected chi connectivity index (χ1v) is 11.4. The molecule has 170 valence electrons. The minimum atomic E-state index is -4.48. The van der Waals surface area contributed by atoms with Gasteiger partial charge in [-0.2, -0.15) is 13.2 Å². The fourth-order valence-corrected chi connectivity index (χ4v) is 4.15. The van der Waals surface area contributed by atoms with Crippen LogP contribution in [-0.2, 0) is 27.4 Å². The Morgan fingerprint density at radius 3 is 2.23 bits per heavy atom. The second-order valence-electron chi connectivity index (χ2n) is 7.70. The highest BCUT2D eigenvalue weighted by atomic mass is 32.2. The number of amides is 1. The van der Waals surface area contributed by atoms with Crippen LogP contribution in [0.4, 0.5) is 13.2 Å². The number of halogens is 3. The van der Waals surface area contributed by atoms with Crippen LogP contribution in [0.25, 0.3) is 0 Å². The maximum atomic E-state index is 13.0. The number of likely N-dealkylation sites (N-methyl/N-ethyl adjacent to an activating group) is 1. The summed E-state index contributed by atoms with van der Waals surface area (Å²) >= 11 is 0. The number of sulfone groups is 1. The molecule has 0 heterocycles. The lowest BCUT2D eigenvalue weighted by molar-refractivity contribution is -0.137. The molecule has 1 amide bonds. The van der Waals surface area contributed by atoms with Crippen molar-refractivity contribution in [3.63, 3.8) is 0 Å². The zero-order valence-corrected chi connectivity index (χ0v) is 18.6. The molecule has 0 aromatic heterocycles. The molecule has 0 spiro atoms. The van der Waals surface area contributed by atoms with E-state index < -0.39 is 27.5 Å². The van der Waals surface area contributed by atoms with Crippen LogP contribution in [-0.4, -0.2) is 57.1 Å². The first kappa shape index (κ1) is 24.9. The van der Waals surface area contributed by atoms with Crippen molar-refractivity contribution in [1.82, 2.24) is 9.80 Å². The summed E-state index contributed by atoms with van der Waals surface area (Å²) < 4.78 is 64.1. The summed E-state index contributed by atoms with van der Waals surface area (Å²) in [4.78, 5) is 16.2. The fourth-order valence-electron chi connectivity index (χ4n) is 2.92. The summed E-state index contributed by atoms with van der Waals surface area (Å²) in [6, 6.07) is 11.2. The van der Waals surface area contributed by atoms with Crippen molar-refractivity contribution >= 4 is 15.7 Å². The van der Waals surface area contributed by atoms with Crippen LogP contribution >= 0.6 is 0 Å². The van der Waals surface area contributed by atoms with Crippen LogP contribution in [0.1, 0.15) is 23.1 Å². The lowest BCUT2D eigenvalue weighted by Crippen LogP contribution is -2.37. The van der Waals surface area contributed by atoms with E-state index in [1.165, 1.54) is 29.2 Å². The van der Waals surface area contributed by atoms with E-state index in [0.717, 1.165) is 17.7 Å². The highest BCUT2D eigenvalue weighted by Crippen LogP contribution is 2.29. The SMILES string of the molecule is Cc1ccc(S(=O)(=O)CCC(=O)N(CCN(C)C)Cc2cccc(C(F)(F)F)c2)cc1. The quantitative estimate of drug-likeness (QED) is 0.577. The molecule has 0 unspecified atom stereocenters. The Kier molecular flexibility index (Phi) is 8.25. The van der Waals surface area contributed by atoms with Gasteiger partial charge in [-0.1, -0.05) is 29.8 Å². The zero-order valence-electron chi connectivity index (χ0n) is 17.8. The van der Waals surface area contributed by atoms with Crippen LogP contribution < -0.4 is 0 Å². The average Bonchev–Trinajstić information content (AvgIpc) is 2.69. The van der Waals surface area contributed by atoms with E-state index in [9.17, 15) is 26.4 Å². The van der Waals surface area contributed by atoms with Gasteiger partial charge in [0, 0.05) is 26.1 Å². The molecular formula is C22H27F3N2O3S. The van der Waals surface area contributed by atoms with E-state index in [0.29, 0.717) is 12.1 Å². The van der Waals surface area contributed by atoms with Gasteiger partial charge in [-0.25, -0.2) is 8.42 Å². The molecule has 9 heteroatoms. The summed E-state index contributed by atoms with van der Waals surface area (Å²) in [5.41, 5.74) is 0.473. The topological polar surface area (TPSA) is 57.7 Å². The van der Waals surface area contributed by atoms with E-state index >= 15 is 0 Å². The lowest BCUT2D eigenvalue weighted by atomic mass is 10.1. The molecule has 0 atom stereocenters. The number of hydrogen-bond donors (Lipinski definition) is 0. The highest BCUT2D eigenvalue weighted by molar-refractivity contribution is 7.91. The van der Waals surface area contributed by atoms with Crippen molar-refractivity contribution in [2.24, 2.45) is 0 Å². The van der Waals surface area contributed by atoms with Crippen molar-refractivity contribution in [3.05, 3.63) is 65.2 Å². The maximum absolute atomic E-state index is 13.0. The van der Waals surface area contributed by atoms with Crippen molar-refractivity contribution in [1.29, 1.82) is 0 Å². The van der Waals surface area contributed by atoms with E-state index in [2.05, 4.69) is 0 Å². The van der Waals surface area contributed by atoms with Gasteiger partial charge in [0.25, 0.3) is 0 Å². The van der Waals surface area contributed by atoms with Crippen molar-refractivity contribution in [2.45, 2.75) is 31.0 Å². The van der Waals surface area contributed by atoms with Gasteiger partial charge in [-0.15, -0.1) is 0 Å². The number of nitrogens with zero attached hydrogens (tertiary/aromatic N) is 2. The van der Waals surface area contributed by atoms with Gasteiger partial charge in [0.15, 0.2) is 9.84 Å². The first-order chi connectivity index (χ1) is 14.4. The summed E-state index contributed by atoms with van der Waals surface area (Å²) in [5.74, 6) is -0.786. The molecule has 0 radical (unpaired) electrons. The smallest absolute Gasteiger partial charge is 0.337 e. The third-order valence-corrected chi connectivity index (χ3v) is 6.49. The number of carbonyl (C=O) groups excluding carboxylic acids is 1. The maximum Gasteiger partial charge on any atom is 0.416 e. The van der Waals surface area contributed by atoms with Crippen LogP contribution in [0.3, 0.4) is 0 Å².